The van der Waals surface area contributed by atoms with Crippen LogP contribution in [0.4, 0.5) is 5.69 Å². The number of aryl methyl sites for hydroxylation is 1. The molecule has 0 bridgehead atoms. The fourth-order valence-electron chi connectivity index (χ4n) is 4.54. The molecule has 9 nitrogen and oxygen atoms in total. The minimum Gasteiger partial charge on any atom is -0.482 e. The molecule has 1 aromatic rings. The molecule has 170 valence electrons. The van der Waals surface area contributed by atoms with Crippen molar-refractivity contribution in [2.24, 2.45) is 5.92 Å². The first-order chi connectivity index (χ1) is 14.8. The van der Waals surface area contributed by atoms with Gasteiger partial charge in [-0.1, -0.05) is 6.92 Å². The van der Waals surface area contributed by atoms with Crippen LogP contribution in [0.3, 0.4) is 0 Å². The lowest BCUT2D eigenvalue weighted by Crippen LogP contribution is -2.52. The number of likely N-dealkylation sites (N-methyl/N-ethyl adjacent to an activating group) is 1. The van der Waals surface area contributed by atoms with Crippen LogP contribution in [0.1, 0.15) is 25.3 Å². The van der Waals surface area contributed by atoms with Crippen LogP contribution in [0.15, 0.2) is 17.0 Å². The van der Waals surface area contributed by atoms with Gasteiger partial charge in [0.1, 0.15) is 5.75 Å². The van der Waals surface area contributed by atoms with E-state index in [1.54, 1.807) is 13.0 Å². The molecule has 3 aliphatic rings. The predicted octanol–water partition coefficient (Wildman–Crippen LogP) is 0.891. The van der Waals surface area contributed by atoms with E-state index in [9.17, 15) is 18.0 Å². The zero-order valence-electron chi connectivity index (χ0n) is 18.1. The Labute approximate surface area is 183 Å². The van der Waals surface area contributed by atoms with Gasteiger partial charge in [0, 0.05) is 45.3 Å². The number of rotatable bonds is 4. The van der Waals surface area contributed by atoms with Crippen LogP contribution in [-0.2, 0) is 19.6 Å². The summed E-state index contributed by atoms with van der Waals surface area (Å²) in [5.74, 6) is -0.170. The Morgan fingerprint density at radius 2 is 1.94 bits per heavy atom. The number of ether oxygens (including phenoxy) is 1. The first-order valence-corrected chi connectivity index (χ1v) is 12.3. The second-order valence-corrected chi connectivity index (χ2v) is 10.3. The topological polar surface area (TPSA) is 99.3 Å². The van der Waals surface area contributed by atoms with Crippen molar-refractivity contribution in [3.63, 3.8) is 0 Å². The summed E-state index contributed by atoms with van der Waals surface area (Å²) in [5, 5.41) is 2.70. The van der Waals surface area contributed by atoms with E-state index in [0.717, 1.165) is 19.6 Å². The highest BCUT2D eigenvalue weighted by atomic mass is 32.2. The molecule has 31 heavy (non-hydrogen) atoms. The van der Waals surface area contributed by atoms with Crippen molar-refractivity contribution in [1.82, 2.24) is 14.1 Å². The first-order valence-electron chi connectivity index (χ1n) is 10.9. The van der Waals surface area contributed by atoms with Gasteiger partial charge in [0.05, 0.1) is 16.5 Å². The third kappa shape index (κ3) is 4.42. The molecular weight excluding hydrogens is 420 g/mol. The monoisotopic (exact) mass is 450 g/mol. The van der Waals surface area contributed by atoms with E-state index in [1.807, 2.05) is 4.90 Å². The third-order valence-electron chi connectivity index (χ3n) is 6.39. The molecule has 3 heterocycles. The molecule has 4 rings (SSSR count). The van der Waals surface area contributed by atoms with Crippen LogP contribution < -0.4 is 10.1 Å². The molecule has 0 radical (unpaired) electrons. The molecular formula is C21H30N4O5S. The Hall–Kier alpha value is -2.17. The lowest BCUT2D eigenvalue weighted by molar-refractivity contribution is -0.138. The van der Waals surface area contributed by atoms with Crippen molar-refractivity contribution in [1.29, 1.82) is 0 Å². The summed E-state index contributed by atoms with van der Waals surface area (Å²) in [4.78, 5) is 29.0. The van der Waals surface area contributed by atoms with Crippen LogP contribution in [-0.4, -0.2) is 86.8 Å². The SMILES string of the molecule is CCN1CCN(C(=O)C2CCCN(S(=O)(=O)c3cc4c(cc3C)NC(=O)CO4)C2)CC1. The highest BCUT2D eigenvalue weighted by Crippen LogP contribution is 2.35. The number of carbonyl (C=O) groups is 2. The van der Waals surface area contributed by atoms with Gasteiger partial charge < -0.3 is 19.9 Å². The normalized spacial score (nSPS) is 23.1. The molecule has 2 fully saturated rings. The summed E-state index contributed by atoms with van der Waals surface area (Å²) in [6.45, 7) is 8.37. The van der Waals surface area contributed by atoms with Crippen LogP contribution >= 0.6 is 0 Å². The fraction of sp³-hybridized carbons (Fsp3) is 0.619. The van der Waals surface area contributed by atoms with Gasteiger partial charge in [0.2, 0.25) is 15.9 Å². The van der Waals surface area contributed by atoms with Crippen LogP contribution in [0.5, 0.6) is 5.75 Å². The molecule has 0 aliphatic carbocycles. The van der Waals surface area contributed by atoms with Crippen LogP contribution in [0.25, 0.3) is 0 Å². The zero-order valence-corrected chi connectivity index (χ0v) is 18.9. The maximum absolute atomic E-state index is 13.4. The van der Waals surface area contributed by atoms with Crippen molar-refractivity contribution in [2.45, 2.75) is 31.6 Å². The lowest BCUT2D eigenvalue weighted by Gasteiger charge is -2.38. The molecule has 1 aromatic carbocycles. The third-order valence-corrected chi connectivity index (χ3v) is 8.40. The summed E-state index contributed by atoms with van der Waals surface area (Å²) >= 11 is 0. The number of amides is 2. The first kappa shape index (κ1) is 22.0. The van der Waals surface area contributed by atoms with Gasteiger partial charge >= 0.3 is 0 Å². The van der Waals surface area contributed by atoms with Gasteiger partial charge in [-0.3, -0.25) is 9.59 Å². The maximum Gasteiger partial charge on any atom is 0.262 e. The van der Waals surface area contributed by atoms with Gasteiger partial charge in [-0.05, 0) is 37.9 Å². The highest BCUT2D eigenvalue weighted by Gasteiger charge is 2.37. The average Bonchev–Trinajstić information content (AvgIpc) is 2.78. The fourth-order valence-corrected chi connectivity index (χ4v) is 6.28. The molecule has 2 saturated heterocycles. The van der Waals surface area contributed by atoms with E-state index < -0.39 is 10.0 Å². The van der Waals surface area contributed by atoms with Gasteiger partial charge in [-0.2, -0.15) is 4.31 Å². The van der Waals surface area contributed by atoms with E-state index in [0.29, 0.717) is 49.5 Å². The summed E-state index contributed by atoms with van der Waals surface area (Å²) in [6.07, 6.45) is 1.36. The number of piperazine rings is 1. The van der Waals surface area contributed by atoms with Crippen LogP contribution in [0.2, 0.25) is 0 Å². The van der Waals surface area contributed by atoms with Crippen molar-refractivity contribution < 1.29 is 22.7 Å². The molecule has 3 aliphatic heterocycles. The van der Waals surface area contributed by atoms with Crippen molar-refractivity contribution in [3.05, 3.63) is 17.7 Å². The Kier molecular flexibility index (Phi) is 6.23. The van der Waals surface area contributed by atoms with E-state index in [1.165, 1.54) is 10.4 Å². The Balaban J connectivity index is 1.50. The smallest absolute Gasteiger partial charge is 0.262 e. The molecule has 1 atom stereocenters. The Bertz CT molecular complexity index is 972. The highest BCUT2D eigenvalue weighted by molar-refractivity contribution is 7.89. The van der Waals surface area contributed by atoms with Gasteiger partial charge in [-0.25, -0.2) is 8.42 Å². The summed E-state index contributed by atoms with van der Waals surface area (Å²) in [7, 11) is -3.79. The number of sulfonamides is 1. The molecule has 1 N–H and O–H groups in total. The second-order valence-electron chi connectivity index (χ2n) is 8.41. The number of benzene rings is 1. The number of nitrogens with zero attached hydrogens (tertiary/aromatic N) is 3. The van der Waals surface area contributed by atoms with E-state index in [-0.39, 0.29) is 35.8 Å². The second kappa shape index (κ2) is 8.76. The largest absolute Gasteiger partial charge is 0.482 e. The quantitative estimate of drug-likeness (QED) is 0.732. The maximum atomic E-state index is 13.4. The van der Waals surface area contributed by atoms with Crippen molar-refractivity contribution in [2.75, 3.05) is 57.7 Å². The predicted molar refractivity (Wildman–Crippen MR) is 115 cm³/mol. The molecule has 1 unspecified atom stereocenters. The van der Waals surface area contributed by atoms with E-state index >= 15 is 0 Å². The number of hydrogen-bond donors (Lipinski definition) is 1. The molecule has 10 heteroatoms. The molecule has 0 aromatic heterocycles. The zero-order chi connectivity index (χ0) is 22.2. The number of nitrogens with one attached hydrogen (secondary N) is 1. The lowest BCUT2D eigenvalue weighted by atomic mass is 9.98. The summed E-state index contributed by atoms with van der Waals surface area (Å²) < 4.78 is 33.7. The van der Waals surface area contributed by atoms with Gasteiger partial charge in [0.15, 0.2) is 6.61 Å². The number of hydrogen-bond acceptors (Lipinski definition) is 6. The molecule has 0 spiro atoms. The average molecular weight is 451 g/mol. The van der Waals surface area contributed by atoms with Gasteiger partial charge in [-0.15, -0.1) is 0 Å². The number of fused-ring (bicyclic) bond motifs is 1. The van der Waals surface area contributed by atoms with E-state index in [2.05, 4.69) is 17.1 Å². The Morgan fingerprint density at radius 1 is 1.19 bits per heavy atom. The van der Waals surface area contributed by atoms with Crippen molar-refractivity contribution in [3.8, 4) is 5.75 Å². The van der Waals surface area contributed by atoms with Gasteiger partial charge in [0.25, 0.3) is 5.91 Å². The standard InChI is InChI=1S/C21H30N4O5S/c1-3-23-7-9-24(10-8-23)21(27)16-5-4-6-25(13-16)31(28,29)19-12-18-17(11-15(19)2)22-20(26)14-30-18/h11-12,16H,3-10,13-14H2,1-2H3,(H,22,26). The molecule has 2 amide bonds. The number of carbonyl (C=O) groups excluding carboxylic acids is 2. The van der Waals surface area contributed by atoms with E-state index in [4.69, 9.17) is 4.74 Å². The minimum atomic E-state index is -3.79. The Morgan fingerprint density at radius 3 is 2.65 bits per heavy atom. The molecule has 0 saturated carbocycles. The number of piperidine rings is 1. The van der Waals surface area contributed by atoms with Crippen LogP contribution in [0, 0.1) is 12.8 Å². The minimum absolute atomic E-state index is 0.0591. The summed E-state index contributed by atoms with van der Waals surface area (Å²) in [6, 6.07) is 3.11. The number of anilines is 1. The van der Waals surface area contributed by atoms with Crippen molar-refractivity contribution >= 4 is 27.5 Å². The summed E-state index contributed by atoms with van der Waals surface area (Å²) in [5.41, 5.74) is 1.01.